The van der Waals surface area contributed by atoms with Crippen LogP contribution in [0.2, 0.25) is 0 Å². The Labute approximate surface area is 97.4 Å². The summed E-state index contributed by atoms with van der Waals surface area (Å²) in [6.07, 6.45) is 2.70. The number of pyridine rings is 1. The molecule has 0 spiro atoms. The van der Waals surface area contributed by atoms with Crippen LogP contribution in [0, 0.1) is 24.3 Å². The maximum absolute atomic E-state index is 13.0. The van der Waals surface area contributed by atoms with Crippen LogP contribution >= 0.6 is 12.2 Å². The van der Waals surface area contributed by atoms with Crippen molar-refractivity contribution < 1.29 is 4.39 Å². The van der Waals surface area contributed by atoms with Crippen molar-refractivity contribution in [1.29, 1.82) is 0 Å². The fraction of sp³-hybridized carbons (Fsp3) is 0.182. The zero-order valence-electron chi connectivity index (χ0n) is 8.91. The van der Waals surface area contributed by atoms with Gasteiger partial charge in [-0.3, -0.25) is 4.98 Å². The molecule has 82 valence electrons. The molecule has 0 fully saturated rings. The van der Waals surface area contributed by atoms with Gasteiger partial charge in [-0.05, 0) is 19.9 Å². The molecule has 2 heterocycles. The summed E-state index contributed by atoms with van der Waals surface area (Å²) in [5.74, 6) is -0.396. The van der Waals surface area contributed by atoms with Crippen molar-refractivity contribution in [2.24, 2.45) is 0 Å². The summed E-state index contributed by atoms with van der Waals surface area (Å²) in [5, 5.41) is 0. The molecule has 0 aliphatic rings. The second-order valence-corrected chi connectivity index (χ2v) is 3.93. The molecule has 5 heteroatoms. The van der Waals surface area contributed by atoms with Crippen LogP contribution in [-0.4, -0.2) is 15.0 Å². The van der Waals surface area contributed by atoms with Crippen molar-refractivity contribution in [3.8, 4) is 11.3 Å². The number of aromatic nitrogens is 3. The third-order valence-corrected chi connectivity index (χ3v) is 2.61. The molecule has 2 rings (SSSR count). The second-order valence-electron chi connectivity index (χ2n) is 3.52. The number of aromatic amines is 1. The van der Waals surface area contributed by atoms with Gasteiger partial charge in [-0.1, -0.05) is 12.2 Å². The fourth-order valence-electron chi connectivity index (χ4n) is 1.36. The van der Waals surface area contributed by atoms with Gasteiger partial charge in [0, 0.05) is 17.5 Å². The zero-order chi connectivity index (χ0) is 11.7. The molecule has 3 nitrogen and oxygen atoms in total. The molecule has 0 amide bonds. The van der Waals surface area contributed by atoms with E-state index < -0.39 is 5.82 Å². The Morgan fingerprint density at radius 1 is 1.31 bits per heavy atom. The first-order valence-corrected chi connectivity index (χ1v) is 5.17. The number of nitrogens with one attached hydrogen (secondary N) is 1. The van der Waals surface area contributed by atoms with Crippen LogP contribution in [-0.2, 0) is 0 Å². The van der Waals surface area contributed by atoms with E-state index in [1.54, 1.807) is 6.20 Å². The van der Waals surface area contributed by atoms with Crippen molar-refractivity contribution in [2.75, 3.05) is 0 Å². The number of hydrogen-bond acceptors (Lipinski definition) is 3. The molecule has 0 aliphatic heterocycles. The first kappa shape index (κ1) is 10.9. The van der Waals surface area contributed by atoms with Crippen LogP contribution in [0.1, 0.15) is 11.4 Å². The molecule has 0 saturated heterocycles. The van der Waals surface area contributed by atoms with Crippen LogP contribution in [0.4, 0.5) is 4.39 Å². The van der Waals surface area contributed by atoms with Gasteiger partial charge < -0.3 is 4.98 Å². The van der Waals surface area contributed by atoms with Crippen LogP contribution in [0.15, 0.2) is 18.5 Å². The van der Waals surface area contributed by atoms with E-state index in [-0.39, 0.29) is 0 Å². The van der Waals surface area contributed by atoms with Crippen molar-refractivity contribution in [3.05, 3.63) is 40.3 Å². The lowest BCUT2D eigenvalue weighted by Gasteiger charge is -2.05. The summed E-state index contributed by atoms with van der Waals surface area (Å²) < 4.78 is 13.5. The topological polar surface area (TPSA) is 41.6 Å². The van der Waals surface area contributed by atoms with Crippen molar-refractivity contribution in [1.82, 2.24) is 15.0 Å². The molecule has 2 aromatic rings. The number of hydrogen-bond donors (Lipinski definition) is 1. The predicted molar refractivity (Wildman–Crippen MR) is 62.1 cm³/mol. The van der Waals surface area contributed by atoms with E-state index >= 15 is 0 Å². The highest BCUT2D eigenvalue weighted by atomic mass is 32.1. The lowest BCUT2D eigenvalue weighted by Crippen LogP contribution is -1.96. The highest BCUT2D eigenvalue weighted by Gasteiger charge is 2.06. The molecule has 0 atom stereocenters. The molecular formula is C11H10FN3S. The van der Waals surface area contributed by atoms with Crippen LogP contribution in [0.3, 0.4) is 0 Å². The van der Waals surface area contributed by atoms with Gasteiger partial charge in [-0.25, -0.2) is 9.37 Å². The van der Waals surface area contributed by atoms with E-state index in [0.717, 1.165) is 17.6 Å². The average Bonchev–Trinajstić information content (AvgIpc) is 2.23. The molecule has 2 aromatic heterocycles. The Kier molecular flexibility index (Phi) is 2.78. The lowest BCUT2D eigenvalue weighted by atomic mass is 10.2. The largest absolute Gasteiger partial charge is 0.347 e. The summed E-state index contributed by atoms with van der Waals surface area (Å²) in [6, 6.07) is 1.37. The monoisotopic (exact) mass is 235 g/mol. The number of rotatable bonds is 1. The SMILES string of the molecule is Cc1nc(-c2cncc(F)c2)c(=S)[nH]c1C. The summed E-state index contributed by atoms with van der Waals surface area (Å²) in [6.45, 7) is 3.77. The number of halogens is 1. The molecule has 0 saturated carbocycles. The van der Waals surface area contributed by atoms with E-state index in [2.05, 4.69) is 15.0 Å². The van der Waals surface area contributed by atoms with E-state index in [1.165, 1.54) is 6.07 Å². The highest BCUT2D eigenvalue weighted by Crippen LogP contribution is 2.18. The average molecular weight is 235 g/mol. The molecular weight excluding hydrogens is 225 g/mol. The summed E-state index contributed by atoms with van der Waals surface area (Å²) in [5.41, 5.74) is 2.90. The van der Waals surface area contributed by atoms with Gasteiger partial charge in [-0.2, -0.15) is 0 Å². The Bertz CT molecular complexity index is 592. The van der Waals surface area contributed by atoms with E-state index in [9.17, 15) is 4.39 Å². The van der Waals surface area contributed by atoms with Gasteiger partial charge in [0.1, 0.15) is 16.2 Å². The second kappa shape index (κ2) is 4.09. The summed E-state index contributed by atoms with van der Waals surface area (Å²) in [4.78, 5) is 11.1. The van der Waals surface area contributed by atoms with E-state index in [4.69, 9.17) is 12.2 Å². The first-order valence-electron chi connectivity index (χ1n) is 4.76. The summed E-state index contributed by atoms with van der Waals surface area (Å²) in [7, 11) is 0. The minimum Gasteiger partial charge on any atom is -0.347 e. The van der Waals surface area contributed by atoms with Gasteiger partial charge in [0.05, 0.1) is 11.9 Å². The smallest absolute Gasteiger partial charge is 0.142 e. The Balaban J connectivity index is 2.65. The number of nitrogens with zero attached hydrogens (tertiary/aromatic N) is 2. The van der Waals surface area contributed by atoms with Gasteiger partial charge >= 0.3 is 0 Å². The van der Waals surface area contributed by atoms with Crippen molar-refractivity contribution in [2.45, 2.75) is 13.8 Å². The molecule has 1 N–H and O–H groups in total. The fourth-order valence-corrected chi connectivity index (χ4v) is 1.68. The Morgan fingerprint density at radius 2 is 2.06 bits per heavy atom. The number of H-pyrrole nitrogens is 1. The maximum Gasteiger partial charge on any atom is 0.142 e. The van der Waals surface area contributed by atoms with Crippen molar-refractivity contribution >= 4 is 12.2 Å². The normalized spacial score (nSPS) is 10.4. The Morgan fingerprint density at radius 3 is 2.75 bits per heavy atom. The Hall–Kier alpha value is -1.62. The quantitative estimate of drug-likeness (QED) is 0.773. The molecule has 16 heavy (non-hydrogen) atoms. The summed E-state index contributed by atoms with van der Waals surface area (Å²) >= 11 is 5.16. The van der Waals surface area contributed by atoms with E-state index in [0.29, 0.717) is 15.9 Å². The van der Waals surface area contributed by atoms with Gasteiger partial charge in [0.25, 0.3) is 0 Å². The molecule has 0 unspecified atom stereocenters. The molecule has 0 aliphatic carbocycles. The number of aryl methyl sites for hydroxylation is 2. The first-order chi connectivity index (χ1) is 7.58. The minimum atomic E-state index is -0.396. The van der Waals surface area contributed by atoms with Crippen LogP contribution in [0.5, 0.6) is 0 Å². The van der Waals surface area contributed by atoms with Crippen LogP contribution < -0.4 is 0 Å². The molecule has 0 aromatic carbocycles. The third-order valence-electron chi connectivity index (χ3n) is 2.32. The lowest BCUT2D eigenvalue weighted by molar-refractivity contribution is 0.622. The van der Waals surface area contributed by atoms with Crippen LogP contribution in [0.25, 0.3) is 11.3 Å². The van der Waals surface area contributed by atoms with Gasteiger partial charge in [0.15, 0.2) is 0 Å². The standard InChI is InChI=1S/C11H10FN3S/c1-6-7(2)15-11(16)10(14-6)8-3-9(12)5-13-4-8/h3-5H,1-2H3,(H,15,16). The van der Waals surface area contributed by atoms with E-state index in [1.807, 2.05) is 13.8 Å². The zero-order valence-corrected chi connectivity index (χ0v) is 9.73. The molecule has 0 radical (unpaired) electrons. The van der Waals surface area contributed by atoms with Crippen molar-refractivity contribution in [3.63, 3.8) is 0 Å². The minimum absolute atomic E-state index is 0.396. The predicted octanol–water partition coefficient (Wildman–Crippen LogP) is 2.96. The van der Waals surface area contributed by atoms with Gasteiger partial charge in [0.2, 0.25) is 0 Å². The van der Waals surface area contributed by atoms with Gasteiger partial charge in [-0.15, -0.1) is 0 Å². The highest BCUT2D eigenvalue weighted by molar-refractivity contribution is 7.71. The molecule has 0 bridgehead atoms. The maximum atomic E-state index is 13.0. The third kappa shape index (κ3) is 1.99.